The summed E-state index contributed by atoms with van der Waals surface area (Å²) in [5.74, 6) is -0.786. The molecule has 0 bridgehead atoms. The van der Waals surface area contributed by atoms with Gasteiger partial charge in [-0.15, -0.1) is 0 Å². The fourth-order valence-electron chi connectivity index (χ4n) is 3.12. The Morgan fingerprint density at radius 3 is 2.48 bits per heavy atom. The highest BCUT2D eigenvalue weighted by Gasteiger charge is 2.26. The number of rotatable bonds is 6. The maximum Gasteiger partial charge on any atom is 0.371 e. The number of furan rings is 1. The molecule has 1 amide bonds. The minimum atomic E-state index is -1.12. The van der Waals surface area contributed by atoms with Crippen molar-refractivity contribution in [2.24, 2.45) is 0 Å². The summed E-state index contributed by atoms with van der Waals surface area (Å²) in [6.07, 6.45) is 0.695. The van der Waals surface area contributed by atoms with Gasteiger partial charge in [0.2, 0.25) is 11.7 Å². The van der Waals surface area contributed by atoms with E-state index in [1.54, 1.807) is 6.07 Å². The average molecular weight is 371 g/mol. The number of ether oxygens (including phenoxy) is 1. The molecule has 1 aromatic heterocycles. The van der Waals surface area contributed by atoms with Crippen LogP contribution in [0.15, 0.2) is 40.8 Å². The molecule has 2 aromatic rings. The molecule has 1 saturated heterocycles. The van der Waals surface area contributed by atoms with E-state index in [2.05, 4.69) is 26.1 Å². The number of benzene rings is 1. The van der Waals surface area contributed by atoms with Gasteiger partial charge in [-0.1, -0.05) is 45.0 Å². The lowest BCUT2D eigenvalue weighted by Gasteiger charge is -2.22. The normalized spacial score (nSPS) is 18.3. The first kappa shape index (κ1) is 19.2. The Labute approximate surface area is 158 Å². The molecule has 2 atom stereocenters. The predicted octanol–water partition coefficient (Wildman–Crippen LogP) is 3.66. The van der Waals surface area contributed by atoms with Crippen molar-refractivity contribution in [2.45, 2.75) is 51.2 Å². The molecule has 1 unspecified atom stereocenters. The average Bonchev–Trinajstić information content (AvgIpc) is 3.24. The van der Waals surface area contributed by atoms with Gasteiger partial charge in [0.25, 0.3) is 0 Å². The van der Waals surface area contributed by atoms with Crippen molar-refractivity contribution in [1.29, 1.82) is 0 Å². The van der Waals surface area contributed by atoms with Crippen LogP contribution in [0.1, 0.15) is 67.2 Å². The first-order valence-electron chi connectivity index (χ1n) is 9.08. The van der Waals surface area contributed by atoms with Crippen LogP contribution in [0, 0.1) is 0 Å². The van der Waals surface area contributed by atoms with E-state index in [1.165, 1.54) is 11.6 Å². The quantitative estimate of drug-likeness (QED) is 0.809. The summed E-state index contributed by atoms with van der Waals surface area (Å²) in [6.45, 7) is 6.76. The molecule has 6 nitrogen and oxygen atoms in total. The number of carbonyl (C=O) groups excluding carboxylic acids is 1. The molecule has 1 aliphatic rings. The number of aromatic carboxylic acids is 1. The van der Waals surface area contributed by atoms with Gasteiger partial charge in [-0.05, 0) is 35.1 Å². The van der Waals surface area contributed by atoms with Gasteiger partial charge in [0, 0.05) is 6.42 Å². The Balaban J connectivity index is 1.84. The molecule has 0 radical (unpaired) electrons. The second-order valence-electron chi connectivity index (χ2n) is 7.90. The van der Waals surface area contributed by atoms with E-state index in [0.29, 0.717) is 18.8 Å². The number of nitrogens with one attached hydrogen (secondary N) is 1. The van der Waals surface area contributed by atoms with Gasteiger partial charge in [-0.2, -0.15) is 0 Å². The predicted molar refractivity (Wildman–Crippen MR) is 99.8 cm³/mol. The molecule has 6 heteroatoms. The number of carbonyl (C=O) groups is 2. The van der Waals surface area contributed by atoms with Crippen molar-refractivity contribution in [3.63, 3.8) is 0 Å². The van der Waals surface area contributed by atoms with E-state index < -0.39 is 12.1 Å². The second kappa shape index (κ2) is 7.56. The van der Waals surface area contributed by atoms with Crippen LogP contribution >= 0.6 is 0 Å². The van der Waals surface area contributed by atoms with E-state index in [-0.39, 0.29) is 23.1 Å². The zero-order valence-electron chi connectivity index (χ0n) is 15.8. The molecule has 2 N–H and O–H groups in total. The monoisotopic (exact) mass is 371 g/mol. The smallest absolute Gasteiger partial charge is 0.371 e. The third kappa shape index (κ3) is 4.57. The standard InChI is InChI=1S/C21H25NO5/c1-21(2,3)14-6-4-13(5-7-14)19(16-9-10-17(27-16)20(24)25)26-12-15-8-11-18(23)22-15/h4-7,9-10,15,19H,8,11-12H2,1-3H3,(H,22,23)(H,24,25)/t15?,19-/m0/s1. The van der Waals surface area contributed by atoms with Crippen molar-refractivity contribution in [1.82, 2.24) is 5.32 Å². The maximum absolute atomic E-state index is 11.4. The Kier molecular flexibility index (Phi) is 5.37. The lowest BCUT2D eigenvalue weighted by Crippen LogP contribution is -2.30. The summed E-state index contributed by atoms with van der Waals surface area (Å²) in [4.78, 5) is 22.5. The number of hydrogen-bond acceptors (Lipinski definition) is 4. The molecule has 0 saturated carbocycles. The Hall–Kier alpha value is -2.60. The molecule has 144 valence electrons. The number of carboxylic acids is 1. The molecular formula is C21H25NO5. The maximum atomic E-state index is 11.4. The molecule has 3 rings (SSSR count). The highest BCUT2D eigenvalue weighted by Crippen LogP contribution is 2.31. The molecule has 27 heavy (non-hydrogen) atoms. The van der Waals surface area contributed by atoms with Gasteiger partial charge in [0.05, 0.1) is 12.6 Å². The van der Waals surface area contributed by atoms with Crippen LogP contribution in [-0.4, -0.2) is 29.6 Å². The Morgan fingerprint density at radius 1 is 1.26 bits per heavy atom. The molecule has 1 aliphatic heterocycles. The minimum Gasteiger partial charge on any atom is -0.475 e. The van der Waals surface area contributed by atoms with E-state index >= 15 is 0 Å². The first-order chi connectivity index (χ1) is 12.7. The van der Waals surface area contributed by atoms with Crippen LogP contribution < -0.4 is 5.32 Å². The van der Waals surface area contributed by atoms with Gasteiger partial charge in [0.1, 0.15) is 11.9 Å². The molecule has 0 spiro atoms. The highest BCUT2D eigenvalue weighted by molar-refractivity contribution is 5.84. The summed E-state index contributed by atoms with van der Waals surface area (Å²) in [5.41, 5.74) is 2.10. The largest absolute Gasteiger partial charge is 0.475 e. The fraction of sp³-hybridized carbons (Fsp3) is 0.429. The van der Waals surface area contributed by atoms with Crippen molar-refractivity contribution in [3.8, 4) is 0 Å². The third-order valence-corrected chi connectivity index (χ3v) is 4.72. The van der Waals surface area contributed by atoms with Gasteiger partial charge in [-0.25, -0.2) is 4.79 Å². The van der Waals surface area contributed by atoms with E-state index in [1.807, 2.05) is 24.3 Å². The summed E-state index contributed by atoms with van der Waals surface area (Å²) in [5, 5.41) is 12.0. The number of amides is 1. The zero-order chi connectivity index (χ0) is 19.6. The molecule has 2 heterocycles. The van der Waals surface area contributed by atoms with Crippen LogP contribution in [0.3, 0.4) is 0 Å². The van der Waals surface area contributed by atoms with Crippen LogP contribution in [-0.2, 0) is 14.9 Å². The van der Waals surface area contributed by atoms with Crippen molar-refractivity contribution >= 4 is 11.9 Å². The molecule has 0 aliphatic carbocycles. The van der Waals surface area contributed by atoms with Crippen molar-refractivity contribution < 1.29 is 23.8 Å². The van der Waals surface area contributed by atoms with Crippen LogP contribution in [0.2, 0.25) is 0 Å². The summed E-state index contributed by atoms with van der Waals surface area (Å²) >= 11 is 0. The fourth-order valence-corrected chi connectivity index (χ4v) is 3.12. The lowest BCUT2D eigenvalue weighted by molar-refractivity contribution is -0.119. The first-order valence-corrected chi connectivity index (χ1v) is 9.08. The van der Waals surface area contributed by atoms with E-state index in [0.717, 1.165) is 12.0 Å². The zero-order valence-corrected chi connectivity index (χ0v) is 15.8. The number of carboxylic acid groups (broad SMARTS) is 1. The highest BCUT2D eigenvalue weighted by atomic mass is 16.5. The van der Waals surface area contributed by atoms with Gasteiger partial charge < -0.3 is 19.6 Å². The van der Waals surface area contributed by atoms with Gasteiger partial charge in [0.15, 0.2) is 0 Å². The summed E-state index contributed by atoms with van der Waals surface area (Å²) in [6, 6.07) is 11.0. The van der Waals surface area contributed by atoms with Crippen molar-refractivity contribution in [3.05, 3.63) is 59.0 Å². The van der Waals surface area contributed by atoms with E-state index in [9.17, 15) is 9.59 Å². The van der Waals surface area contributed by atoms with Crippen LogP contribution in [0.25, 0.3) is 0 Å². The topological polar surface area (TPSA) is 88.8 Å². The number of hydrogen-bond donors (Lipinski definition) is 2. The van der Waals surface area contributed by atoms with Gasteiger partial charge in [-0.3, -0.25) is 4.79 Å². The summed E-state index contributed by atoms with van der Waals surface area (Å²) < 4.78 is 11.5. The molecular weight excluding hydrogens is 346 g/mol. The molecule has 1 fully saturated rings. The van der Waals surface area contributed by atoms with Gasteiger partial charge >= 0.3 is 5.97 Å². The van der Waals surface area contributed by atoms with Crippen molar-refractivity contribution in [2.75, 3.05) is 6.61 Å². The van der Waals surface area contributed by atoms with E-state index in [4.69, 9.17) is 14.3 Å². The minimum absolute atomic E-state index is 0.0286. The third-order valence-electron chi connectivity index (χ3n) is 4.72. The second-order valence-corrected chi connectivity index (χ2v) is 7.90. The Morgan fingerprint density at radius 2 is 1.96 bits per heavy atom. The Bertz CT molecular complexity index is 816. The SMILES string of the molecule is CC(C)(C)c1ccc([C@H](OCC2CCC(=O)N2)c2ccc(C(=O)O)o2)cc1. The molecule has 1 aromatic carbocycles. The summed E-state index contributed by atoms with van der Waals surface area (Å²) in [7, 11) is 0. The van der Waals surface area contributed by atoms with Crippen LogP contribution in [0.4, 0.5) is 0 Å². The van der Waals surface area contributed by atoms with Crippen LogP contribution in [0.5, 0.6) is 0 Å². The lowest BCUT2D eigenvalue weighted by atomic mass is 9.86.